The van der Waals surface area contributed by atoms with E-state index in [0.717, 1.165) is 31.3 Å². The molecular formula is C19H19N5O9S. The van der Waals surface area contributed by atoms with Crippen molar-refractivity contribution in [1.29, 1.82) is 0 Å². The highest BCUT2D eigenvalue weighted by atomic mass is 32.1. The number of ether oxygens (including phenoxy) is 2. The van der Waals surface area contributed by atoms with Crippen molar-refractivity contribution in [2.45, 2.75) is 26.9 Å². The maximum absolute atomic E-state index is 12.3. The lowest BCUT2D eigenvalue weighted by molar-refractivity contribution is -0.134. The third-order valence-corrected chi connectivity index (χ3v) is 4.32. The van der Waals surface area contributed by atoms with Gasteiger partial charge in [0.1, 0.15) is 5.69 Å². The smallest absolute Gasteiger partial charge is 0.360 e. The zero-order valence-electron chi connectivity index (χ0n) is 18.0. The zero-order chi connectivity index (χ0) is 25.4. The topological polar surface area (TPSA) is 209 Å². The molecule has 0 aliphatic carbocycles. The number of thiazole rings is 1. The number of aliphatic carboxylic acids is 1. The van der Waals surface area contributed by atoms with E-state index in [1.807, 2.05) is 0 Å². The van der Waals surface area contributed by atoms with Gasteiger partial charge in [-0.2, -0.15) is 0 Å². The lowest BCUT2D eigenvalue weighted by Crippen LogP contribution is -2.46. The summed E-state index contributed by atoms with van der Waals surface area (Å²) >= 11 is 0.996. The Labute approximate surface area is 195 Å². The number of oxime groups is 1. The van der Waals surface area contributed by atoms with Gasteiger partial charge in [-0.3, -0.25) is 30.0 Å². The molecule has 14 nitrogen and oxygen atoms in total. The molecule has 0 bridgehead atoms. The zero-order valence-corrected chi connectivity index (χ0v) is 18.8. The molecule has 0 radical (unpaired) electrons. The number of hydrogen-bond acceptors (Lipinski definition) is 12. The van der Waals surface area contributed by atoms with Crippen molar-refractivity contribution in [1.82, 2.24) is 15.8 Å². The number of esters is 2. The van der Waals surface area contributed by atoms with Crippen molar-refractivity contribution in [2.75, 3.05) is 5.73 Å². The number of carbonyl (C=O) groups is 5. The van der Waals surface area contributed by atoms with Gasteiger partial charge in [0.25, 0.3) is 11.8 Å². The first-order valence-corrected chi connectivity index (χ1v) is 10.2. The number of nitrogen functional groups attached to an aromatic ring is 1. The first-order chi connectivity index (χ1) is 16.0. The molecule has 34 heavy (non-hydrogen) atoms. The molecule has 0 aliphatic rings. The Balaban J connectivity index is 2.03. The molecule has 15 heteroatoms. The molecular weight excluding hydrogens is 474 g/mol. The van der Waals surface area contributed by atoms with Crippen LogP contribution in [0.15, 0.2) is 28.7 Å². The van der Waals surface area contributed by atoms with E-state index in [2.05, 4.69) is 21.0 Å². The number of amides is 2. The number of nitrogens with two attached hydrogens (primary N) is 1. The van der Waals surface area contributed by atoms with Crippen molar-refractivity contribution < 1.29 is 43.4 Å². The third kappa shape index (κ3) is 7.27. The number of aromatic nitrogens is 1. The van der Waals surface area contributed by atoms with E-state index in [1.54, 1.807) is 0 Å². The van der Waals surface area contributed by atoms with Gasteiger partial charge >= 0.3 is 17.9 Å². The maximum atomic E-state index is 12.3. The molecule has 1 aromatic heterocycles. The van der Waals surface area contributed by atoms with Crippen LogP contribution in [0.1, 0.15) is 36.8 Å². The standard InChI is InChI=1S/C19H19N5O9S/c1-8(33-24-15(18(29)30)12-7-34-19(20)21-12)16(27)22-23-17(28)11-4-5-13(31-9(2)25)14(6-11)32-10(3)26/h4-8H,1-3H3,(H2,20,21)(H,22,27)(H,23,28)(H,29,30). The van der Waals surface area contributed by atoms with E-state index < -0.39 is 41.5 Å². The third-order valence-electron chi connectivity index (χ3n) is 3.65. The minimum Gasteiger partial charge on any atom is -0.476 e. The fraction of sp³-hybridized carbons (Fsp3) is 0.211. The average molecular weight is 493 g/mol. The van der Waals surface area contributed by atoms with Crippen molar-refractivity contribution in [3.05, 3.63) is 34.8 Å². The highest BCUT2D eigenvalue weighted by Crippen LogP contribution is 2.28. The van der Waals surface area contributed by atoms with Crippen LogP contribution in [0.2, 0.25) is 0 Å². The number of nitrogens with zero attached hydrogens (tertiary/aromatic N) is 2. The fourth-order valence-corrected chi connectivity index (χ4v) is 2.73. The fourth-order valence-electron chi connectivity index (χ4n) is 2.19. The summed E-state index contributed by atoms with van der Waals surface area (Å²) in [7, 11) is 0. The summed E-state index contributed by atoms with van der Waals surface area (Å²) < 4.78 is 9.84. The Hall–Kier alpha value is -4.53. The second kappa shape index (κ2) is 11.4. The van der Waals surface area contributed by atoms with Gasteiger partial charge in [-0.15, -0.1) is 11.3 Å². The van der Waals surface area contributed by atoms with Crippen LogP contribution in [0.4, 0.5) is 5.13 Å². The van der Waals surface area contributed by atoms with E-state index in [-0.39, 0.29) is 27.9 Å². The van der Waals surface area contributed by atoms with Crippen LogP contribution < -0.4 is 26.1 Å². The molecule has 0 spiro atoms. The first kappa shape index (κ1) is 25.7. The predicted octanol–water partition coefficient (Wildman–Crippen LogP) is 0.231. The molecule has 1 unspecified atom stereocenters. The Bertz CT molecular complexity index is 1160. The summed E-state index contributed by atoms with van der Waals surface area (Å²) in [5, 5.41) is 14.1. The number of anilines is 1. The van der Waals surface area contributed by atoms with E-state index in [9.17, 15) is 29.1 Å². The van der Waals surface area contributed by atoms with Crippen LogP contribution in [0.25, 0.3) is 0 Å². The molecule has 1 aromatic carbocycles. The summed E-state index contributed by atoms with van der Waals surface area (Å²) in [4.78, 5) is 67.0. The van der Waals surface area contributed by atoms with Gasteiger partial charge in [0.15, 0.2) is 16.6 Å². The number of nitrogens with one attached hydrogen (secondary N) is 2. The van der Waals surface area contributed by atoms with E-state index >= 15 is 0 Å². The lowest BCUT2D eigenvalue weighted by Gasteiger charge is -2.13. The van der Waals surface area contributed by atoms with Crippen LogP contribution in [0.5, 0.6) is 11.5 Å². The number of hydrazine groups is 1. The maximum Gasteiger partial charge on any atom is 0.360 e. The van der Waals surface area contributed by atoms with Gasteiger partial charge < -0.3 is 25.2 Å². The summed E-state index contributed by atoms with van der Waals surface area (Å²) in [5.74, 6) is -4.78. The van der Waals surface area contributed by atoms with Crippen molar-refractivity contribution in [2.24, 2.45) is 5.16 Å². The number of hydrogen-bond donors (Lipinski definition) is 4. The van der Waals surface area contributed by atoms with Crippen LogP contribution in [0.3, 0.4) is 0 Å². The molecule has 1 heterocycles. The summed E-state index contributed by atoms with van der Waals surface area (Å²) in [6.45, 7) is 3.52. The molecule has 180 valence electrons. The van der Waals surface area contributed by atoms with Gasteiger partial charge in [-0.05, 0) is 25.1 Å². The van der Waals surface area contributed by atoms with Crippen LogP contribution in [0, 0.1) is 0 Å². The van der Waals surface area contributed by atoms with E-state index in [0.29, 0.717) is 0 Å². The second-order valence-electron chi connectivity index (χ2n) is 6.36. The average Bonchev–Trinajstić information content (AvgIpc) is 3.17. The summed E-state index contributed by atoms with van der Waals surface area (Å²) in [6, 6.07) is 3.62. The minimum absolute atomic E-state index is 0.0447. The van der Waals surface area contributed by atoms with Crippen molar-refractivity contribution in [3.8, 4) is 11.5 Å². The van der Waals surface area contributed by atoms with Crippen LogP contribution in [-0.2, 0) is 24.0 Å². The Morgan fingerprint density at radius 2 is 1.74 bits per heavy atom. The van der Waals surface area contributed by atoms with E-state index in [1.165, 1.54) is 24.4 Å². The van der Waals surface area contributed by atoms with Crippen LogP contribution >= 0.6 is 11.3 Å². The number of benzene rings is 1. The summed E-state index contributed by atoms with van der Waals surface area (Å²) in [6.07, 6.45) is -1.31. The number of rotatable bonds is 8. The molecule has 0 saturated carbocycles. The van der Waals surface area contributed by atoms with Gasteiger partial charge in [0, 0.05) is 24.8 Å². The molecule has 0 saturated heterocycles. The molecule has 0 aliphatic heterocycles. The highest BCUT2D eigenvalue weighted by Gasteiger charge is 2.21. The predicted molar refractivity (Wildman–Crippen MR) is 116 cm³/mol. The van der Waals surface area contributed by atoms with Gasteiger partial charge in [-0.1, -0.05) is 5.16 Å². The second-order valence-corrected chi connectivity index (χ2v) is 7.25. The SMILES string of the molecule is CC(=O)Oc1ccc(C(=O)NNC(=O)C(C)ON=C(C(=O)O)c2csc(N)n2)cc1OC(C)=O. The van der Waals surface area contributed by atoms with Crippen molar-refractivity contribution >= 4 is 51.9 Å². The number of carboxylic acid groups (broad SMARTS) is 1. The van der Waals surface area contributed by atoms with Crippen LogP contribution in [-0.4, -0.2) is 51.6 Å². The van der Waals surface area contributed by atoms with E-state index in [4.69, 9.17) is 20.0 Å². The molecule has 1 atom stereocenters. The highest BCUT2D eigenvalue weighted by molar-refractivity contribution is 7.13. The van der Waals surface area contributed by atoms with Crippen molar-refractivity contribution in [3.63, 3.8) is 0 Å². The monoisotopic (exact) mass is 493 g/mol. The minimum atomic E-state index is -1.45. The largest absolute Gasteiger partial charge is 0.476 e. The molecule has 2 aromatic rings. The normalized spacial score (nSPS) is 11.7. The quantitative estimate of drug-likeness (QED) is 0.169. The molecule has 5 N–H and O–H groups in total. The Kier molecular flexibility index (Phi) is 8.60. The van der Waals surface area contributed by atoms with Gasteiger partial charge in [0.05, 0.1) is 0 Å². The molecule has 2 rings (SSSR count). The first-order valence-electron chi connectivity index (χ1n) is 9.27. The Morgan fingerprint density at radius 1 is 1.09 bits per heavy atom. The number of carbonyl (C=O) groups excluding carboxylic acids is 4. The molecule has 2 amide bonds. The Morgan fingerprint density at radius 3 is 2.29 bits per heavy atom. The molecule has 0 fully saturated rings. The number of carboxylic acids is 1. The van der Waals surface area contributed by atoms with Gasteiger partial charge in [-0.25, -0.2) is 9.78 Å². The summed E-state index contributed by atoms with van der Waals surface area (Å²) in [5.41, 5.74) is 8.99. The lowest BCUT2D eigenvalue weighted by atomic mass is 10.2. The van der Waals surface area contributed by atoms with Gasteiger partial charge in [0.2, 0.25) is 11.8 Å².